The van der Waals surface area contributed by atoms with Gasteiger partial charge in [0.05, 0.1) is 5.69 Å². The summed E-state index contributed by atoms with van der Waals surface area (Å²) in [7, 11) is 0. The molecule has 1 heterocycles. The number of hydrogen-bond acceptors (Lipinski definition) is 2. The van der Waals surface area contributed by atoms with Crippen molar-refractivity contribution in [2.75, 3.05) is 24.5 Å². The maximum absolute atomic E-state index is 14.3. The van der Waals surface area contributed by atoms with Gasteiger partial charge in [-0.25, -0.2) is 4.39 Å². The molecule has 1 aliphatic carbocycles. The van der Waals surface area contributed by atoms with E-state index in [1.807, 2.05) is 13.0 Å². The fourth-order valence-electron chi connectivity index (χ4n) is 3.90. The summed E-state index contributed by atoms with van der Waals surface area (Å²) in [4.78, 5) is 2.29. The lowest BCUT2D eigenvalue weighted by molar-refractivity contribution is 0.246. The van der Waals surface area contributed by atoms with E-state index in [1.165, 1.54) is 32.1 Å². The molecule has 0 aromatic heterocycles. The standard InChI is InChI=1S/C17H25FN2/c1-14-7-5-8-15(18)16(14)20-12-6-11-19-17(13-20)9-3-2-4-10-17/h5,7-8,19H,2-4,6,9-13H2,1H3. The summed E-state index contributed by atoms with van der Waals surface area (Å²) in [6.45, 7) is 4.99. The zero-order valence-electron chi connectivity index (χ0n) is 12.4. The lowest BCUT2D eigenvalue weighted by Gasteiger charge is -2.41. The van der Waals surface area contributed by atoms with Crippen LogP contribution in [0.2, 0.25) is 0 Å². The number of halogens is 1. The molecule has 1 saturated heterocycles. The summed E-state index contributed by atoms with van der Waals surface area (Å²) in [6, 6.07) is 5.42. The summed E-state index contributed by atoms with van der Waals surface area (Å²) in [5.41, 5.74) is 2.09. The van der Waals surface area contributed by atoms with Crippen LogP contribution in [0.1, 0.15) is 44.1 Å². The fourth-order valence-corrected chi connectivity index (χ4v) is 3.90. The van der Waals surface area contributed by atoms with Crippen LogP contribution in [0.15, 0.2) is 18.2 Å². The first-order valence-corrected chi connectivity index (χ1v) is 7.95. The Bertz CT molecular complexity index is 446. The average molecular weight is 276 g/mol. The second kappa shape index (κ2) is 5.72. The Labute approximate surface area is 121 Å². The highest BCUT2D eigenvalue weighted by molar-refractivity contribution is 5.54. The van der Waals surface area contributed by atoms with Gasteiger partial charge in [0.1, 0.15) is 5.82 Å². The lowest BCUT2D eigenvalue weighted by Crippen LogP contribution is -2.53. The van der Waals surface area contributed by atoms with Crippen molar-refractivity contribution < 1.29 is 4.39 Å². The minimum Gasteiger partial charge on any atom is -0.367 e. The van der Waals surface area contributed by atoms with Crippen LogP contribution >= 0.6 is 0 Å². The lowest BCUT2D eigenvalue weighted by atomic mass is 9.81. The van der Waals surface area contributed by atoms with E-state index in [-0.39, 0.29) is 11.4 Å². The number of benzene rings is 1. The van der Waals surface area contributed by atoms with E-state index in [1.54, 1.807) is 12.1 Å². The Morgan fingerprint density at radius 3 is 2.70 bits per heavy atom. The monoisotopic (exact) mass is 276 g/mol. The first-order valence-electron chi connectivity index (χ1n) is 7.95. The van der Waals surface area contributed by atoms with Gasteiger partial charge in [-0.3, -0.25) is 0 Å². The van der Waals surface area contributed by atoms with Gasteiger partial charge in [-0.2, -0.15) is 0 Å². The summed E-state index contributed by atoms with van der Waals surface area (Å²) in [5, 5.41) is 3.77. The normalized spacial score (nSPS) is 22.8. The molecule has 1 saturated carbocycles. The van der Waals surface area contributed by atoms with Gasteiger partial charge in [0.2, 0.25) is 0 Å². The Kier molecular flexibility index (Phi) is 3.97. The van der Waals surface area contributed by atoms with Crippen molar-refractivity contribution in [1.29, 1.82) is 0 Å². The van der Waals surface area contributed by atoms with Crippen LogP contribution in [0.4, 0.5) is 10.1 Å². The molecule has 3 rings (SSSR count). The van der Waals surface area contributed by atoms with Gasteiger partial charge in [-0.15, -0.1) is 0 Å². The highest BCUT2D eigenvalue weighted by Crippen LogP contribution is 2.33. The molecule has 1 aromatic rings. The predicted molar refractivity (Wildman–Crippen MR) is 81.8 cm³/mol. The van der Waals surface area contributed by atoms with Gasteiger partial charge in [0.25, 0.3) is 0 Å². The minimum absolute atomic E-state index is 0.0714. The van der Waals surface area contributed by atoms with E-state index in [9.17, 15) is 4.39 Å². The molecule has 0 amide bonds. The third kappa shape index (κ3) is 2.69. The molecule has 3 heteroatoms. The zero-order chi connectivity index (χ0) is 14.0. The molecule has 2 fully saturated rings. The molecule has 2 aliphatic rings. The minimum atomic E-state index is -0.0714. The van der Waals surface area contributed by atoms with Gasteiger partial charge in [0.15, 0.2) is 0 Å². The van der Waals surface area contributed by atoms with E-state index < -0.39 is 0 Å². The van der Waals surface area contributed by atoms with Gasteiger partial charge >= 0.3 is 0 Å². The van der Waals surface area contributed by atoms with Crippen molar-refractivity contribution in [3.8, 4) is 0 Å². The SMILES string of the molecule is Cc1cccc(F)c1N1CCCNC2(CCCCC2)C1. The molecule has 1 N–H and O–H groups in total. The number of hydrogen-bond donors (Lipinski definition) is 1. The number of rotatable bonds is 1. The second-order valence-electron chi connectivity index (χ2n) is 6.45. The van der Waals surface area contributed by atoms with Gasteiger partial charge < -0.3 is 10.2 Å². The molecule has 1 spiro atoms. The Morgan fingerprint density at radius 1 is 1.15 bits per heavy atom. The molecule has 20 heavy (non-hydrogen) atoms. The number of nitrogens with one attached hydrogen (secondary N) is 1. The fraction of sp³-hybridized carbons (Fsp3) is 0.647. The largest absolute Gasteiger partial charge is 0.367 e. The van der Waals surface area contributed by atoms with Crippen molar-refractivity contribution in [1.82, 2.24) is 5.32 Å². The van der Waals surface area contributed by atoms with Crippen LogP contribution in [-0.4, -0.2) is 25.2 Å². The summed E-state index contributed by atoms with van der Waals surface area (Å²) in [6.07, 6.45) is 7.51. The van der Waals surface area contributed by atoms with Crippen LogP contribution in [0.25, 0.3) is 0 Å². The smallest absolute Gasteiger partial charge is 0.146 e. The van der Waals surface area contributed by atoms with E-state index in [2.05, 4.69) is 10.2 Å². The molecule has 0 radical (unpaired) electrons. The Morgan fingerprint density at radius 2 is 1.95 bits per heavy atom. The number of nitrogens with zero attached hydrogens (tertiary/aromatic N) is 1. The quantitative estimate of drug-likeness (QED) is 0.842. The number of aryl methyl sites for hydroxylation is 1. The van der Waals surface area contributed by atoms with Gasteiger partial charge in [-0.05, 0) is 44.4 Å². The van der Waals surface area contributed by atoms with Gasteiger partial charge in [0, 0.05) is 18.6 Å². The first kappa shape index (κ1) is 13.9. The van der Waals surface area contributed by atoms with E-state index in [0.29, 0.717) is 0 Å². The molecule has 1 aliphatic heterocycles. The second-order valence-corrected chi connectivity index (χ2v) is 6.45. The number of para-hydroxylation sites is 1. The summed E-state index contributed by atoms with van der Waals surface area (Å²) < 4.78 is 14.3. The van der Waals surface area contributed by atoms with Crippen molar-refractivity contribution in [2.45, 2.75) is 51.0 Å². The van der Waals surface area contributed by atoms with Gasteiger partial charge in [-0.1, -0.05) is 31.4 Å². The van der Waals surface area contributed by atoms with Crippen molar-refractivity contribution in [2.24, 2.45) is 0 Å². The number of anilines is 1. The molecule has 2 nitrogen and oxygen atoms in total. The molecule has 1 aromatic carbocycles. The third-order valence-electron chi connectivity index (χ3n) is 4.91. The topological polar surface area (TPSA) is 15.3 Å². The first-order chi connectivity index (χ1) is 9.70. The van der Waals surface area contributed by atoms with Crippen molar-refractivity contribution in [3.05, 3.63) is 29.6 Å². The molecule has 0 atom stereocenters. The molecule has 0 bridgehead atoms. The zero-order valence-corrected chi connectivity index (χ0v) is 12.4. The summed E-state index contributed by atoms with van der Waals surface area (Å²) in [5.74, 6) is -0.0714. The maximum atomic E-state index is 14.3. The van der Waals surface area contributed by atoms with E-state index in [0.717, 1.165) is 37.3 Å². The van der Waals surface area contributed by atoms with Crippen LogP contribution in [0.5, 0.6) is 0 Å². The van der Waals surface area contributed by atoms with Crippen LogP contribution in [0, 0.1) is 12.7 Å². The van der Waals surface area contributed by atoms with E-state index in [4.69, 9.17) is 0 Å². The third-order valence-corrected chi connectivity index (χ3v) is 4.91. The van der Waals surface area contributed by atoms with Crippen LogP contribution in [0.3, 0.4) is 0 Å². The Hall–Kier alpha value is -1.09. The van der Waals surface area contributed by atoms with Crippen molar-refractivity contribution in [3.63, 3.8) is 0 Å². The van der Waals surface area contributed by atoms with Crippen LogP contribution < -0.4 is 10.2 Å². The molecule has 0 unspecified atom stereocenters. The highest BCUT2D eigenvalue weighted by Gasteiger charge is 2.35. The maximum Gasteiger partial charge on any atom is 0.146 e. The Balaban J connectivity index is 1.88. The molecular formula is C17H25FN2. The predicted octanol–water partition coefficient (Wildman–Crippen LogP) is 3.64. The highest BCUT2D eigenvalue weighted by atomic mass is 19.1. The molecule has 110 valence electrons. The van der Waals surface area contributed by atoms with Crippen LogP contribution in [-0.2, 0) is 0 Å². The van der Waals surface area contributed by atoms with E-state index >= 15 is 0 Å². The summed E-state index contributed by atoms with van der Waals surface area (Å²) >= 11 is 0. The molecular weight excluding hydrogens is 251 g/mol. The average Bonchev–Trinajstić information content (AvgIpc) is 2.63. The van der Waals surface area contributed by atoms with Crippen molar-refractivity contribution >= 4 is 5.69 Å².